The van der Waals surface area contributed by atoms with E-state index in [0.29, 0.717) is 52.4 Å². The molecule has 0 saturated carbocycles. The van der Waals surface area contributed by atoms with Crippen LogP contribution in [-0.4, -0.2) is 71.5 Å². The highest BCUT2D eigenvalue weighted by Gasteiger charge is 2.43. The molecule has 7 heterocycles. The number of hydrogen-bond acceptors (Lipinski definition) is 12. The van der Waals surface area contributed by atoms with Crippen LogP contribution < -0.4 is 5.32 Å². The van der Waals surface area contributed by atoms with Gasteiger partial charge in [0.15, 0.2) is 9.84 Å². The van der Waals surface area contributed by atoms with Gasteiger partial charge in [0.05, 0.1) is 44.9 Å². The Morgan fingerprint density at radius 2 is 1.90 bits per heavy atom. The molecular weight excluding hydrogens is 671 g/mol. The first-order valence-electron chi connectivity index (χ1n) is 17.6. The number of hydrogen-bond donors (Lipinski definition) is 1. The van der Waals surface area contributed by atoms with Gasteiger partial charge in [0.2, 0.25) is 11.8 Å². The average molecular weight is 714 g/mol. The van der Waals surface area contributed by atoms with E-state index in [9.17, 15) is 8.42 Å². The summed E-state index contributed by atoms with van der Waals surface area (Å²) in [5.74, 6) is 1.98. The minimum Gasteiger partial charge on any atom is -0.419 e. The molecule has 1 aliphatic carbocycles. The second kappa shape index (κ2) is 13.4. The first-order chi connectivity index (χ1) is 24.2. The van der Waals surface area contributed by atoms with Crippen LogP contribution in [0.15, 0.2) is 46.0 Å². The molecule has 11 nitrogen and oxygen atoms in total. The topological polar surface area (TPSA) is 136 Å². The zero-order chi connectivity index (χ0) is 34.6. The molecule has 13 heteroatoms. The Hall–Kier alpha value is -3.78. The third kappa shape index (κ3) is 6.22. The first-order valence-corrected chi connectivity index (χ1v) is 20.1. The van der Waals surface area contributed by atoms with Gasteiger partial charge in [-0.3, -0.25) is 9.97 Å². The summed E-state index contributed by atoms with van der Waals surface area (Å²) in [6, 6.07) is 8.29. The van der Waals surface area contributed by atoms with Crippen LogP contribution in [0.1, 0.15) is 80.0 Å². The van der Waals surface area contributed by atoms with E-state index in [0.717, 1.165) is 77.5 Å². The molecule has 0 unspecified atom stereocenters. The zero-order valence-electron chi connectivity index (χ0n) is 29.0. The summed E-state index contributed by atoms with van der Waals surface area (Å²) in [6.45, 7) is 6.16. The number of rotatable bonds is 10. The molecule has 0 radical (unpaired) electrons. The van der Waals surface area contributed by atoms with Gasteiger partial charge in [-0.1, -0.05) is 19.9 Å². The molecule has 50 heavy (non-hydrogen) atoms. The van der Waals surface area contributed by atoms with E-state index < -0.39 is 9.84 Å². The van der Waals surface area contributed by atoms with E-state index in [1.165, 1.54) is 5.56 Å². The zero-order valence-corrected chi connectivity index (χ0v) is 30.6. The molecule has 1 N–H and O–H groups in total. The number of nitrogens with one attached hydrogen (secondary N) is 1. The van der Waals surface area contributed by atoms with Crippen LogP contribution in [0, 0.1) is 11.8 Å². The average Bonchev–Trinajstić information content (AvgIpc) is 3.89. The molecule has 0 aromatic carbocycles. The third-order valence-electron chi connectivity index (χ3n) is 10.3. The van der Waals surface area contributed by atoms with Crippen molar-refractivity contribution < 1.29 is 17.6 Å². The van der Waals surface area contributed by atoms with Crippen molar-refractivity contribution in [3.05, 3.63) is 65.2 Å². The number of aromatic nitrogens is 5. The van der Waals surface area contributed by atoms with E-state index in [1.807, 2.05) is 43.5 Å². The van der Waals surface area contributed by atoms with Gasteiger partial charge in [-0.2, -0.15) is 0 Å². The van der Waals surface area contributed by atoms with E-state index in [1.54, 1.807) is 11.3 Å². The number of anilines is 1. The highest BCUT2D eigenvalue weighted by molar-refractivity contribution is 7.92. The molecule has 1 saturated heterocycles. The minimum atomic E-state index is -3.68. The number of ether oxygens (including phenoxy) is 1. The Morgan fingerprint density at radius 1 is 1.06 bits per heavy atom. The quantitative estimate of drug-likeness (QED) is 0.163. The monoisotopic (exact) mass is 713 g/mol. The third-order valence-corrected chi connectivity index (χ3v) is 13.4. The van der Waals surface area contributed by atoms with Crippen LogP contribution in [0.3, 0.4) is 0 Å². The Kier molecular flexibility index (Phi) is 8.95. The lowest BCUT2D eigenvalue weighted by Gasteiger charge is -2.23. The van der Waals surface area contributed by atoms with Crippen molar-refractivity contribution >= 4 is 37.1 Å². The Bertz CT molecular complexity index is 2150. The van der Waals surface area contributed by atoms with Crippen molar-refractivity contribution in [2.75, 3.05) is 38.4 Å². The maximum Gasteiger partial charge on any atom is 0.250 e. The summed E-state index contributed by atoms with van der Waals surface area (Å²) < 4.78 is 41.5. The Morgan fingerprint density at radius 3 is 2.70 bits per heavy atom. The lowest BCUT2D eigenvalue weighted by molar-refractivity contribution is 0.0639. The van der Waals surface area contributed by atoms with Gasteiger partial charge in [-0.25, -0.2) is 13.4 Å². The van der Waals surface area contributed by atoms with Gasteiger partial charge in [0, 0.05) is 47.7 Å². The molecule has 0 spiro atoms. The molecule has 0 amide bonds. The molecule has 0 bridgehead atoms. The molecule has 5 aromatic rings. The minimum absolute atomic E-state index is 0.0347. The number of thiophene rings is 1. The van der Waals surface area contributed by atoms with Gasteiger partial charge < -0.3 is 19.4 Å². The van der Waals surface area contributed by atoms with E-state index in [2.05, 4.69) is 46.5 Å². The Balaban J connectivity index is 1.32. The van der Waals surface area contributed by atoms with E-state index in [-0.39, 0.29) is 23.6 Å². The van der Waals surface area contributed by atoms with Gasteiger partial charge in [-0.05, 0) is 93.6 Å². The number of sulfone groups is 1. The first kappa shape index (κ1) is 33.4. The second-order valence-corrected chi connectivity index (χ2v) is 17.5. The molecule has 2 aliphatic heterocycles. The van der Waals surface area contributed by atoms with Crippen molar-refractivity contribution in [3.63, 3.8) is 0 Å². The van der Waals surface area contributed by atoms with Crippen molar-refractivity contribution in [2.45, 2.75) is 75.8 Å². The maximum absolute atomic E-state index is 14.3. The van der Waals surface area contributed by atoms with Crippen molar-refractivity contribution in [1.82, 2.24) is 30.0 Å². The smallest absolute Gasteiger partial charge is 0.250 e. The predicted molar refractivity (Wildman–Crippen MR) is 194 cm³/mol. The van der Waals surface area contributed by atoms with Crippen LogP contribution in [0.2, 0.25) is 0 Å². The SMILES string of the molecule is CC(C)[C@@H]1CS(=O)(=O)c2c1nc(CCC1CCOCC1)c(-c1nnc(CN(C)C)o1)c2-c1cc2ccnc(N[C@@H]3CCc4ncccc43)c2s1. The number of nitrogens with zero attached hydrogens (tertiary/aromatic N) is 6. The van der Waals surface area contributed by atoms with Crippen molar-refractivity contribution in [2.24, 2.45) is 11.8 Å². The normalized spacial score (nSPS) is 20.2. The van der Waals surface area contributed by atoms with Crippen LogP contribution >= 0.6 is 11.3 Å². The van der Waals surface area contributed by atoms with E-state index >= 15 is 0 Å². The van der Waals surface area contributed by atoms with Crippen LogP contribution in [0.5, 0.6) is 0 Å². The predicted octanol–water partition coefficient (Wildman–Crippen LogP) is 6.85. The molecule has 2 atom stereocenters. The summed E-state index contributed by atoms with van der Waals surface area (Å²) in [6.07, 6.45) is 9.11. The van der Waals surface area contributed by atoms with Crippen molar-refractivity contribution in [3.8, 4) is 21.9 Å². The van der Waals surface area contributed by atoms with Gasteiger partial charge in [0.25, 0.3) is 0 Å². The van der Waals surface area contributed by atoms with Gasteiger partial charge in [0.1, 0.15) is 5.82 Å². The Labute approximate surface area is 296 Å². The summed E-state index contributed by atoms with van der Waals surface area (Å²) in [4.78, 5) is 17.7. The molecule has 3 aliphatic rings. The summed E-state index contributed by atoms with van der Waals surface area (Å²) in [5, 5.41) is 13.6. The standard InChI is InChI=1S/C37H43N7O4S2/c1-21(2)25-20-50(45,46)35-32(29-18-23-11-15-39-36(34(23)49-29)41-27-10-9-26-24(27)6-5-14-38-26)31(37-43-42-30(48-37)19-44(3)4)28(40-33(25)35)8-7-22-12-16-47-17-13-22/h5-6,11,14-15,18,21-22,25,27H,7-10,12-13,16-17,19-20H2,1-4H3,(H,39,41)/t25-,27+/m0/s1. The number of pyridine rings is 3. The largest absolute Gasteiger partial charge is 0.419 e. The number of aryl methyl sites for hydroxylation is 2. The van der Waals surface area contributed by atoms with Gasteiger partial charge >= 0.3 is 0 Å². The second-order valence-electron chi connectivity index (χ2n) is 14.5. The summed E-state index contributed by atoms with van der Waals surface area (Å²) in [5.41, 5.74) is 5.05. The fraction of sp³-hybridized carbons (Fsp3) is 0.486. The van der Waals surface area contributed by atoms with Crippen molar-refractivity contribution in [1.29, 1.82) is 0 Å². The maximum atomic E-state index is 14.3. The fourth-order valence-electron chi connectivity index (χ4n) is 7.74. The highest BCUT2D eigenvalue weighted by atomic mass is 32.2. The number of fused-ring (bicyclic) bond motifs is 3. The summed E-state index contributed by atoms with van der Waals surface area (Å²) >= 11 is 1.55. The molecule has 8 rings (SSSR count). The summed E-state index contributed by atoms with van der Waals surface area (Å²) in [7, 11) is 0.211. The molecule has 1 fully saturated rings. The van der Waals surface area contributed by atoms with Crippen LogP contribution in [0.25, 0.3) is 32.0 Å². The van der Waals surface area contributed by atoms with E-state index in [4.69, 9.17) is 19.1 Å². The molecule has 262 valence electrons. The molecule has 5 aromatic heterocycles. The van der Waals surface area contributed by atoms with Crippen LogP contribution in [-0.2, 0) is 34.0 Å². The molecular formula is C37H43N7O4S2. The lowest BCUT2D eigenvalue weighted by atomic mass is 9.89. The van der Waals surface area contributed by atoms with Gasteiger partial charge in [-0.15, -0.1) is 21.5 Å². The highest BCUT2D eigenvalue weighted by Crippen LogP contribution is 2.51. The fourth-order valence-corrected chi connectivity index (χ4v) is 11.2. The van der Waals surface area contributed by atoms with Crippen LogP contribution in [0.4, 0.5) is 5.82 Å². The lowest BCUT2D eigenvalue weighted by Crippen LogP contribution is -2.17.